The Morgan fingerprint density at radius 2 is 2.20 bits per heavy atom. The van der Waals surface area contributed by atoms with Crippen LogP contribution in [0.25, 0.3) is 0 Å². The summed E-state index contributed by atoms with van der Waals surface area (Å²) in [6, 6.07) is 0. The largest absolute Gasteiger partial charge is 0.345 e. The molecule has 1 amide bonds. The van der Waals surface area contributed by atoms with Crippen molar-refractivity contribution in [1.82, 2.24) is 15.6 Å². The first kappa shape index (κ1) is 15.4. The van der Waals surface area contributed by atoms with Crippen molar-refractivity contribution in [3.05, 3.63) is 16.1 Å². The van der Waals surface area contributed by atoms with E-state index in [0.29, 0.717) is 12.3 Å². The maximum atomic E-state index is 12.1. The van der Waals surface area contributed by atoms with Gasteiger partial charge < -0.3 is 10.6 Å². The minimum absolute atomic E-state index is 0.140. The number of piperidine rings is 1. The number of amides is 1. The zero-order valence-electron chi connectivity index (χ0n) is 12.7. The van der Waals surface area contributed by atoms with E-state index < -0.39 is 0 Å². The van der Waals surface area contributed by atoms with Crippen LogP contribution in [0.1, 0.15) is 50.2 Å². The van der Waals surface area contributed by atoms with Gasteiger partial charge in [0, 0.05) is 17.5 Å². The molecule has 0 unspecified atom stereocenters. The second kappa shape index (κ2) is 6.68. The van der Waals surface area contributed by atoms with Crippen LogP contribution in [0.4, 0.5) is 0 Å². The Balaban J connectivity index is 1.81. The van der Waals surface area contributed by atoms with E-state index in [4.69, 9.17) is 0 Å². The zero-order chi connectivity index (χ0) is 14.6. The summed E-state index contributed by atoms with van der Waals surface area (Å²) in [4.78, 5) is 16.6. The molecule has 5 heteroatoms. The Labute approximate surface area is 125 Å². The number of nitrogens with zero attached hydrogens (tertiary/aromatic N) is 1. The number of thiazole rings is 1. The zero-order valence-corrected chi connectivity index (χ0v) is 13.5. The predicted octanol–water partition coefficient (Wildman–Crippen LogP) is 2.58. The summed E-state index contributed by atoms with van der Waals surface area (Å²) in [7, 11) is 0. The van der Waals surface area contributed by atoms with Crippen LogP contribution in [0.15, 0.2) is 5.38 Å². The van der Waals surface area contributed by atoms with Gasteiger partial charge in [0.05, 0.1) is 5.54 Å². The molecule has 2 rings (SSSR count). The summed E-state index contributed by atoms with van der Waals surface area (Å²) < 4.78 is 0. The molecule has 2 N–H and O–H groups in total. The fourth-order valence-electron chi connectivity index (χ4n) is 2.61. The standard InChI is InChI=1S/C15H25N3OS/c1-11-10-20-14(17-11)15(2,3)18-13(19)5-4-12-6-8-16-9-7-12/h10,12,16H,4-9H2,1-3H3,(H,18,19). The molecule has 1 aliphatic rings. The molecule has 1 aromatic rings. The molecule has 1 aliphatic heterocycles. The molecule has 0 bridgehead atoms. The molecule has 1 aromatic heterocycles. The first-order chi connectivity index (χ1) is 9.47. The van der Waals surface area contributed by atoms with E-state index in [9.17, 15) is 4.79 Å². The Morgan fingerprint density at radius 1 is 1.50 bits per heavy atom. The fraction of sp³-hybridized carbons (Fsp3) is 0.733. The molecule has 112 valence electrons. The maximum Gasteiger partial charge on any atom is 0.220 e. The van der Waals surface area contributed by atoms with Gasteiger partial charge in [-0.25, -0.2) is 4.98 Å². The second-order valence-corrected chi connectivity index (χ2v) is 7.06. The third-order valence-electron chi connectivity index (χ3n) is 3.84. The van der Waals surface area contributed by atoms with E-state index in [1.54, 1.807) is 11.3 Å². The minimum atomic E-state index is -0.371. The Morgan fingerprint density at radius 3 is 2.80 bits per heavy atom. The van der Waals surface area contributed by atoms with Gasteiger partial charge in [0.2, 0.25) is 5.91 Å². The van der Waals surface area contributed by atoms with Crippen LogP contribution >= 0.6 is 11.3 Å². The lowest BCUT2D eigenvalue weighted by molar-refractivity contribution is -0.123. The van der Waals surface area contributed by atoms with Gasteiger partial charge in [-0.2, -0.15) is 0 Å². The Bertz CT molecular complexity index is 450. The highest BCUT2D eigenvalue weighted by Gasteiger charge is 2.26. The molecule has 1 saturated heterocycles. The summed E-state index contributed by atoms with van der Waals surface area (Å²) in [6.45, 7) is 8.21. The van der Waals surface area contributed by atoms with Crippen molar-refractivity contribution in [3.8, 4) is 0 Å². The van der Waals surface area contributed by atoms with Gasteiger partial charge in [0.25, 0.3) is 0 Å². The highest BCUT2D eigenvalue weighted by molar-refractivity contribution is 7.09. The van der Waals surface area contributed by atoms with Gasteiger partial charge in [-0.1, -0.05) is 0 Å². The fourth-order valence-corrected chi connectivity index (χ4v) is 3.49. The molecular weight excluding hydrogens is 270 g/mol. The molecule has 20 heavy (non-hydrogen) atoms. The highest BCUT2D eigenvalue weighted by Crippen LogP contribution is 2.24. The van der Waals surface area contributed by atoms with Crippen molar-refractivity contribution >= 4 is 17.2 Å². The lowest BCUT2D eigenvalue weighted by Crippen LogP contribution is -2.41. The lowest BCUT2D eigenvalue weighted by atomic mass is 9.93. The van der Waals surface area contributed by atoms with Crippen LogP contribution < -0.4 is 10.6 Å². The lowest BCUT2D eigenvalue weighted by Gasteiger charge is -2.25. The van der Waals surface area contributed by atoms with Gasteiger partial charge in [0.1, 0.15) is 5.01 Å². The predicted molar refractivity (Wildman–Crippen MR) is 82.8 cm³/mol. The number of hydrogen-bond donors (Lipinski definition) is 2. The van der Waals surface area contributed by atoms with Crippen molar-refractivity contribution < 1.29 is 4.79 Å². The molecule has 1 fully saturated rings. The summed E-state index contributed by atoms with van der Waals surface area (Å²) in [6.07, 6.45) is 4.02. The van der Waals surface area contributed by atoms with Crippen LogP contribution in [0.5, 0.6) is 0 Å². The summed E-state index contributed by atoms with van der Waals surface area (Å²) >= 11 is 1.61. The third kappa shape index (κ3) is 4.28. The van der Waals surface area contributed by atoms with Crippen LogP contribution in [0.2, 0.25) is 0 Å². The molecule has 0 radical (unpaired) electrons. The van der Waals surface area contributed by atoms with E-state index in [2.05, 4.69) is 15.6 Å². The second-order valence-electron chi connectivity index (χ2n) is 6.20. The molecule has 0 spiro atoms. The van der Waals surface area contributed by atoms with Crippen molar-refractivity contribution in [2.75, 3.05) is 13.1 Å². The quantitative estimate of drug-likeness (QED) is 0.878. The van der Waals surface area contributed by atoms with Crippen LogP contribution in [-0.2, 0) is 10.3 Å². The molecule has 0 aliphatic carbocycles. The summed E-state index contributed by atoms with van der Waals surface area (Å²) in [5.74, 6) is 0.841. The van der Waals surface area contributed by atoms with Crippen molar-refractivity contribution in [1.29, 1.82) is 0 Å². The van der Waals surface area contributed by atoms with Gasteiger partial charge in [-0.05, 0) is 59.0 Å². The normalized spacial score (nSPS) is 17.1. The van der Waals surface area contributed by atoms with E-state index in [-0.39, 0.29) is 11.4 Å². The van der Waals surface area contributed by atoms with Crippen molar-refractivity contribution in [2.45, 2.75) is 52.0 Å². The SMILES string of the molecule is Cc1csc(C(C)(C)NC(=O)CCC2CCNCC2)n1. The highest BCUT2D eigenvalue weighted by atomic mass is 32.1. The topological polar surface area (TPSA) is 54.0 Å². The molecule has 2 heterocycles. The van der Waals surface area contributed by atoms with Gasteiger partial charge in [0.15, 0.2) is 0 Å². The Hall–Kier alpha value is -0.940. The first-order valence-electron chi connectivity index (χ1n) is 7.42. The smallest absolute Gasteiger partial charge is 0.220 e. The van der Waals surface area contributed by atoms with Crippen LogP contribution in [0, 0.1) is 12.8 Å². The third-order valence-corrected chi connectivity index (χ3v) is 5.13. The number of carbonyl (C=O) groups is 1. The first-order valence-corrected chi connectivity index (χ1v) is 8.29. The molecule has 4 nitrogen and oxygen atoms in total. The number of hydrogen-bond acceptors (Lipinski definition) is 4. The number of aryl methyl sites for hydroxylation is 1. The van der Waals surface area contributed by atoms with Crippen LogP contribution in [-0.4, -0.2) is 24.0 Å². The van der Waals surface area contributed by atoms with Gasteiger partial charge in [-0.15, -0.1) is 11.3 Å². The number of rotatable bonds is 5. The van der Waals surface area contributed by atoms with Gasteiger partial charge >= 0.3 is 0 Å². The molecule has 0 atom stereocenters. The van der Waals surface area contributed by atoms with Crippen LogP contribution in [0.3, 0.4) is 0 Å². The molecule has 0 aromatic carbocycles. The molecular formula is C15H25N3OS. The van der Waals surface area contributed by atoms with E-state index in [1.807, 2.05) is 26.2 Å². The number of carbonyl (C=O) groups excluding carboxylic acids is 1. The minimum Gasteiger partial charge on any atom is -0.345 e. The number of nitrogens with one attached hydrogen (secondary N) is 2. The van der Waals surface area contributed by atoms with E-state index in [0.717, 1.165) is 30.2 Å². The average Bonchev–Trinajstić information content (AvgIpc) is 2.85. The monoisotopic (exact) mass is 295 g/mol. The van der Waals surface area contributed by atoms with Crippen molar-refractivity contribution in [3.63, 3.8) is 0 Å². The van der Waals surface area contributed by atoms with Crippen molar-refractivity contribution in [2.24, 2.45) is 5.92 Å². The maximum absolute atomic E-state index is 12.1. The summed E-state index contributed by atoms with van der Waals surface area (Å²) in [5, 5.41) is 9.48. The van der Waals surface area contributed by atoms with E-state index in [1.165, 1.54) is 12.8 Å². The van der Waals surface area contributed by atoms with E-state index >= 15 is 0 Å². The van der Waals surface area contributed by atoms with Gasteiger partial charge in [-0.3, -0.25) is 4.79 Å². The Kier molecular flexibility index (Phi) is 5.16. The average molecular weight is 295 g/mol. The number of aromatic nitrogens is 1. The molecule has 0 saturated carbocycles. The summed E-state index contributed by atoms with van der Waals surface area (Å²) in [5.41, 5.74) is 0.645.